The first-order chi connectivity index (χ1) is 11.0. The Labute approximate surface area is 135 Å². The molecule has 0 saturated heterocycles. The van der Waals surface area contributed by atoms with E-state index in [2.05, 4.69) is 13.5 Å². The number of hydrogen-bond donors (Lipinski definition) is 0. The number of carbonyl (C=O) groups excluding carboxylic acids is 1. The van der Waals surface area contributed by atoms with Gasteiger partial charge in [-0.15, -0.1) is 0 Å². The molecule has 0 bridgehead atoms. The zero-order valence-electron chi connectivity index (χ0n) is 13.4. The summed E-state index contributed by atoms with van der Waals surface area (Å²) in [6.07, 6.45) is 3.50. The van der Waals surface area contributed by atoms with E-state index in [-0.39, 0.29) is 17.1 Å². The number of ketones is 1. The molecule has 0 aromatic heterocycles. The monoisotopic (exact) mass is 320 g/mol. The zero-order chi connectivity index (χ0) is 16.9. The van der Waals surface area contributed by atoms with Crippen molar-refractivity contribution in [2.75, 3.05) is 0 Å². The minimum atomic E-state index is -3.30. The summed E-state index contributed by atoms with van der Waals surface area (Å²) in [7, 11) is 0. The Bertz CT molecular complexity index is 588. The SMILES string of the molecule is C=CC(=O)c1ccc(OC(F)(F)C2=CCC(CCC)CC2)cc1. The first-order valence-electron chi connectivity index (χ1n) is 7.99. The molecule has 1 atom stereocenters. The van der Waals surface area contributed by atoms with Crippen molar-refractivity contribution in [2.45, 2.75) is 45.1 Å². The van der Waals surface area contributed by atoms with E-state index in [4.69, 9.17) is 4.74 Å². The minimum Gasteiger partial charge on any atom is -0.429 e. The van der Waals surface area contributed by atoms with E-state index in [1.165, 1.54) is 30.3 Å². The average Bonchev–Trinajstić information content (AvgIpc) is 2.55. The molecule has 2 rings (SSSR count). The van der Waals surface area contributed by atoms with Crippen LogP contribution in [0.15, 0.2) is 48.6 Å². The molecule has 1 aliphatic rings. The zero-order valence-corrected chi connectivity index (χ0v) is 13.4. The van der Waals surface area contributed by atoms with Crippen LogP contribution < -0.4 is 4.74 Å². The first kappa shape index (κ1) is 17.4. The lowest BCUT2D eigenvalue weighted by atomic mass is 9.86. The maximum Gasteiger partial charge on any atom is 0.422 e. The van der Waals surface area contributed by atoms with Gasteiger partial charge in [-0.2, -0.15) is 8.78 Å². The van der Waals surface area contributed by atoms with Gasteiger partial charge in [-0.05, 0) is 55.5 Å². The highest BCUT2D eigenvalue weighted by molar-refractivity contribution is 6.04. The second kappa shape index (κ2) is 7.53. The molecular weight excluding hydrogens is 298 g/mol. The summed E-state index contributed by atoms with van der Waals surface area (Å²) in [5.74, 6) is 0.302. The molecule has 0 radical (unpaired) electrons. The molecule has 1 aromatic carbocycles. The van der Waals surface area contributed by atoms with Crippen molar-refractivity contribution in [2.24, 2.45) is 5.92 Å². The van der Waals surface area contributed by atoms with Gasteiger partial charge in [0, 0.05) is 11.1 Å². The number of rotatable bonds is 7. The summed E-state index contributed by atoms with van der Waals surface area (Å²) >= 11 is 0. The molecule has 0 saturated carbocycles. The summed E-state index contributed by atoms with van der Waals surface area (Å²) < 4.78 is 33.4. The van der Waals surface area contributed by atoms with Gasteiger partial charge in [0.05, 0.1) is 0 Å². The lowest BCUT2D eigenvalue weighted by molar-refractivity contribution is -0.145. The molecule has 1 aromatic rings. The number of allylic oxidation sites excluding steroid dienone is 2. The van der Waals surface area contributed by atoms with Gasteiger partial charge in [-0.3, -0.25) is 4.79 Å². The van der Waals surface area contributed by atoms with Gasteiger partial charge >= 0.3 is 6.11 Å². The van der Waals surface area contributed by atoms with E-state index in [9.17, 15) is 13.6 Å². The van der Waals surface area contributed by atoms with Crippen molar-refractivity contribution in [1.29, 1.82) is 0 Å². The molecule has 0 amide bonds. The molecule has 1 aliphatic carbocycles. The average molecular weight is 320 g/mol. The standard InChI is InChI=1S/C19H22F2O2/c1-3-5-14-6-10-16(11-7-14)19(20,21)23-17-12-8-15(9-13-17)18(22)4-2/h4,8-10,12-14H,2-3,5-7,11H2,1H3. The largest absolute Gasteiger partial charge is 0.429 e. The van der Waals surface area contributed by atoms with Gasteiger partial charge in [0.2, 0.25) is 0 Å². The quantitative estimate of drug-likeness (QED) is 0.374. The number of hydrogen-bond acceptors (Lipinski definition) is 2. The van der Waals surface area contributed by atoms with E-state index in [0.717, 1.165) is 19.3 Å². The van der Waals surface area contributed by atoms with E-state index in [1.807, 2.05) is 0 Å². The molecule has 0 fully saturated rings. The molecule has 0 N–H and O–H groups in total. The predicted molar refractivity (Wildman–Crippen MR) is 86.9 cm³/mol. The van der Waals surface area contributed by atoms with Crippen LogP contribution in [0.2, 0.25) is 0 Å². The third kappa shape index (κ3) is 4.50. The molecule has 4 heteroatoms. The number of benzene rings is 1. The van der Waals surface area contributed by atoms with Crippen LogP contribution in [0.3, 0.4) is 0 Å². The summed E-state index contributed by atoms with van der Waals surface area (Å²) in [6, 6.07) is 5.69. The van der Waals surface area contributed by atoms with Crippen molar-refractivity contribution in [1.82, 2.24) is 0 Å². The van der Waals surface area contributed by atoms with Crippen LogP contribution >= 0.6 is 0 Å². The van der Waals surface area contributed by atoms with E-state index < -0.39 is 6.11 Å². The molecule has 2 nitrogen and oxygen atoms in total. The lowest BCUT2D eigenvalue weighted by Gasteiger charge is -2.26. The van der Waals surface area contributed by atoms with Crippen molar-refractivity contribution in [3.8, 4) is 5.75 Å². The summed E-state index contributed by atoms with van der Waals surface area (Å²) in [6.45, 7) is 5.50. The Morgan fingerprint density at radius 2 is 2.09 bits per heavy atom. The highest BCUT2D eigenvalue weighted by Gasteiger charge is 2.38. The van der Waals surface area contributed by atoms with Crippen molar-refractivity contribution >= 4 is 5.78 Å². The van der Waals surface area contributed by atoms with Crippen LogP contribution in [-0.2, 0) is 0 Å². The molecule has 0 aliphatic heterocycles. The fraction of sp³-hybridized carbons (Fsp3) is 0.421. The van der Waals surface area contributed by atoms with Gasteiger partial charge in [-0.25, -0.2) is 0 Å². The van der Waals surface area contributed by atoms with Crippen LogP contribution in [0, 0.1) is 5.92 Å². The molecule has 124 valence electrons. The second-order valence-electron chi connectivity index (χ2n) is 5.87. The summed E-state index contributed by atoms with van der Waals surface area (Å²) in [5, 5.41) is 0. The van der Waals surface area contributed by atoms with Gasteiger partial charge in [0.1, 0.15) is 5.75 Å². The smallest absolute Gasteiger partial charge is 0.422 e. The van der Waals surface area contributed by atoms with Crippen LogP contribution in [0.25, 0.3) is 0 Å². The molecule has 0 heterocycles. The number of ether oxygens (including phenoxy) is 1. The Morgan fingerprint density at radius 3 is 2.61 bits per heavy atom. The highest BCUT2D eigenvalue weighted by atomic mass is 19.3. The summed E-state index contributed by atoms with van der Waals surface area (Å²) in [4.78, 5) is 11.4. The van der Waals surface area contributed by atoms with Crippen molar-refractivity contribution < 1.29 is 18.3 Å². The highest BCUT2D eigenvalue weighted by Crippen LogP contribution is 2.37. The topological polar surface area (TPSA) is 26.3 Å². The number of carbonyl (C=O) groups is 1. The van der Waals surface area contributed by atoms with Gasteiger partial charge < -0.3 is 4.74 Å². The lowest BCUT2D eigenvalue weighted by Crippen LogP contribution is -2.29. The van der Waals surface area contributed by atoms with Crippen LogP contribution in [0.4, 0.5) is 8.78 Å². The first-order valence-corrected chi connectivity index (χ1v) is 7.99. The fourth-order valence-electron chi connectivity index (χ4n) is 2.84. The van der Waals surface area contributed by atoms with Crippen molar-refractivity contribution in [3.05, 3.63) is 54.1 Å². The maximum atomic E-state index is 14.3. The summed E-state index contributed by atoms with van der Waals surface area (Å²) in [5.41, 5.74) is 0.450. The molecular formula is C19H22F2O2. The molecule has 1 unspecified atom stereocenters. The van der Waals surface area contributed by atoms with E-state index >= 15 is 0 Å². The molecule has 23 heavy (non-hydrogen) atoms. The predicted octanol–water partition coefficient (Wildman–Crippen LogP) is 5.55. The molecule has 0 spiro atoms. The second-order valence-corrected chi connectivity index (χ2v) is 5.87. The maximum absolute atomic E-state index is 14.3. The van der Waals surface area contributed by atoms with Crippen LogP contribution in [-0.4, -0.2) is 11.9 Å². The Morgan fingerprint density at radius 1 is 1.39 bits per heavy atom. The van der Waals surface area contributed by atoms with Gasteiger partial charge in [0.15, 0.2) is 5.78 Å². The third-order valence-corrected chi connectivity index (χ3v) is 4.16. The van der Waals surface area contributed by atoms with E-state index in [1.54, 1.807) is 6.08 Å². The Kier molecular flexibility index (Phi) is 5.69. The van der Waals surface area contributed by atoms with Crippen LogP contribution in [0.5, 0.6) is 5.75 Å². The van der Waals surface area contributed by atoms with Crippen LogP contribution in [0.1, 0.15) is 49.4 Å². The van der Waals surface area contributed by atoms with Crippen molar-refractivity contribution in [3.63, 3.8) is 0 Å². The normalized spacial score (nSPS) is 18.2. The number of alkyl halides is 2. The Balaban J connectivity index is 2.03. The van der Waals surface area contributed by atoms with E-state index in [0.29, 0.717) is 24.3 Å². The van der Waals surface area contributed by atoms with Gasteiger partial charge in [0.25, 0.3) is 0 Å². The fourth-order valence-corrected chi connectivity index (χ4v) is 2.84. The Hall–Kier alpha value is -1.97. The minimum absolute atomic E-state index is 0.0483. The van der Waals surface area contributed by atoms with Gasteiger partial charge in [-0.1, -0.05) is 32.4 Å². The third-order valence-electron chi connectivity index (χ3n) is 4.16. The number of halogens is 2.